The summed E-state index contributed by atoms with van der Waals surface area (Å²) >= 11 is 0. The van der Waals surface area contributed by atoms with Gasteiger partial charge in [-0.15, -0.1) is 34.2 Å². The van der Waals surface area contributed by atoms with Crippen molar-refractivity contribution in [2.45, 2.75) is 31.2 Å². The van der Waals surface area contributed by atoms with E-state index in [9.17, 15) is 0 Å². The van der Waals surface area contributed by atoms with Gasteiger partial charge in [-0.25, -0.2) is 0 Å². The number of nitrogens with zero attached hydrogens (tertiary/aromatic N) is 4. The van der Waals surface area contributed by atoms with Gasteiger partial charge in [0.05, 0.1) is 6.54 Å². The minimum absolute atomic E-state index is 0. The van der Waals surface area contributed by atoms with E-state index in [0.29, 0.717) is 6.54 Å². The molecule has 0 radical (unpaired) electrons. The number of benzene rings is 2. The molecule has 1 fully saturated rings. The van der Waals surface area contributed by atoms with E-state index in [2.05, 4.69) is 56.2 Å². The number of aromatic nitrogens is 3. The van der Waals surface area contributed by atoms with Crippen molar-refractivity contribution in [3.05, 3.63) is 78.4 Å². The van der Waals surface area contributed by atoms with E-state index >= 15 is 0 Å². The minimum atomic E-state index is 0. The molecule has 0 atom stereocenters. The summed E-state index contributed by atoms with van der Waals surface area (Å²) in [4.78, 5) is 4.38. The molecule has 0 spiro atoms. The summed E-state index contributed by atoms with van der Waals surface area (Å²) in [6.45, 7) is 1.43. The Morgan fingerprint density at radius 2 is 1.72 bits per heavy atom. The van der Waals surface area contributed by atoms with Crippen LogP contribution in [0.3, 0.4) is 0 Å². The lowest BCUT2D eigenvalue weighted by molar-refractivity contribution is 0.244. The van der Waals surface area contributed by atoms with Crippen molar-refractivity contribution in [3.63, 3.8) is 0 Å². The third-order valence-corrected chi connectivity index (χ3v) is 5.58. The minimum Gasteiger partial charge on any atom is -0.356 e. The van der Waals surface area contributed by atoms with Crippen LogP contribution in [0.15, 0.2) is 72.0 Å². The Balaban J connectivity index is 0.00000240. The largest absolute Gasteiger partial charge is 0.356 e. The van der Waals surface area contributed by atoms with Gasteiger partial charge in [0, 0.05) is 24.7 Å². The molecule has 3 aromatic rings. The average molecular weight is 502 g/mol. The lowest BCUT2D eigenvalue weighted by atomic mass is 9.64. The number of hydrogen-bond acceptors (Lipinski definition) is 3. The number of rotatable bonds is 6. The summed E-state index contributed by atoms with van der Waals surface area (Å²) in [7, 11) is 1.80. The van der Waals surface area contributed by atoms with Gasteiger partial charge in [0.25, 0.3) is 0 Å². The van der Waals surface area contributed by atoms with Gasteiger partial charge in [-0.2, -0.15) is 0 Å². The SMILES string of the molecule is CN=C(NCc1nncn1-c1ccccc1)NCC1(c2ccccc2)CCC1.I. The van der Waals surface area contributed by atoms with E-state index in [4.69, 9.17) is 0 Å². The lowest BCUT2D eigenvalue weighted by Crippen LogP contribution is -2.48. The van der Waals surface area contributed by atoms with Crippen molar-refractivity contribution in [3.8, 4) is 5.69 Å². The van der Waals surface area contributed by atoms with Crippen LogP contribution in [0, 0.1) is 0 Å². The zero-order chi connectivity index (χ0) is 19.2. The van der Waals surface area contributed by atoms with Crippen molar-refractivity contribution in [2.75, 3.05) is 13.6 Å². The molecule has 1 aromatic heterocycles. The first kappa shape index (κ1) is 21.3. The highest BCUT2D eigenvalue weighted by molar-refractivity contribution is 14.0. The van der Waals surface area contributed by atoms with Gasteiger partial charge < -0.3 is 10.6 Å². The predicted octanol–water partition coefficient (Wildman–Crippen LogP) is 3.67. The first-order valence-corrected chi connectivity index (χ1v) is 9.75. The van der Waals surface area contributed by atoms with Crippen molar-refractivity contribution in [2.24, 2.45) is 4.99 Å². The van der Waals surface area contributed by atoms with Crippen molar-refractivity contribution in [1.82, 2.24) is 25.4 Å². The molecule has 2 N–H and O–H groups in total. The summed E-state index contributed by atoms with van der Waals surface area (Å²) in [5.74, 6) is 1.63. The molecule has 4 rings (SSSR count). The van der Waals surface area contributed by atoms with Gasteiger partial charge in [0.1, 0.15) is 6.33 Å². The summed E-state index contributed by atoms with van der Waals surface area (Å²) in [5, 5.41) is 15.2. The standard InChI is InChI=1S/C22H26N6.HI/c1-23-21(25-16-22(13-8-14-22)18-9-4-2-5-10-18)24-15-20-27-26-17-28(20)19-11-6-3-7-12-19;/h2-7,9-12,17H,8,13-16H2,1H3,(H2,23,24,25);1H. The summed E-state index contributed by atoms with van der Waals surface area (Å²) in [6.07, 6.45) is 5.44. The molecule has 7 heteroatoms. The number of halogens is 1. The second kappa shape index (κ2) is 9.87. The van der Waals surface area contributed by atoms with Crippen molar-refractivity contribution in [1.29, 1.82) is 0 Å². The fourth-order valence-corrected chi connectivity index (χ4v) is 3.78. The van der Waals surface area contributed by atoms with Crippen LogP contribution in [-0.4, -0.2) is 34.3 Å². The zero-order valence-corrected chi connectivity index (χ0v) is 18.9. The van der Waals surface area contributed by atoms with Crippen LogP contribution in [0.5, 0.6) is 0 Å². The smallest absolute Gasteiger partial charge is 0.191 e. The van der Waals surface area contributed by atoms with Crippen LogP contribution in [0.1, 0.15) is 30.7 Å². The molecule has 1 heterocycles. The molecule has 0 aliphatic heterocycles. The van der Waals surface area contributed by atoms with Gasteiger partial charge in [0.2, 0.25) is 0 Å². The lowest BCUT2D eigenvalue weighted by Gasteiger charge is -2.43. The molecule has 29 heavy (non-hydrogen) atoms. The van der Waals surface area contributed by atoms with Gasteiger partial charge in [-0.3, -0.25) is 9.56 Å². The molecule has 0 bridgehead atoms. The van der Waals surface area contributed by atoms with Gasteiger partial charge in [-0.05, 0) is 30.5 Å². The van der Waals surface area contributed by atoms with E-state index < -0.39 is 0 Å². The van der Waals surface area contributed by atoms with Crippen LogP contribution >= 0.6 is 24.0 Å². The number of hydrogen-bond donors (Lipinski definition) is 2. The number of para-hydroxylation sites is 1. The highest BCUT2D eigenvalue weighted by Gasteiger charge is 2.38. The fraction of sp³-hybridized carbons (Fsp3) is 0.318. The fourth-order valence-electron chi connectivity index (χ4n) is 3.78. The Bertz CT molecular complexity index is 919. The molecule has 0 amide bonds. The van der Waals surface area contributed by atoms with E-state index in [1.54, 1.807) is 13.4 Å². The maximum atomic E-state index is 4.38. The maximum Gasteiger partial charge on any atom is 0.191 e. The number of nitrogens with one attached hydrogen (secondary N) is 2. The first-order chi connectivity index (χ1) is 13.8. The monoisotopic (exact) mass is 502 g/mol. The zero-order valence-electron chi connectivity index (χ0n) is 16.6. The van der Waals surface area contributed by atoms with E-state index in [1.807, 2.05) is 34.9 Å². The molecule has 152 valence electrons. The van der Waals surface area contributed by atoms with E-state index in [-0.39, 0.29) is 29.4 Å². The second-order valence-corrected chi connectivity index (χ2v) is 7.23. The van der Waals surface area contributed by atoms with E-state index in [0.717, 1.165) is 24.0 Å². The van der Waals surface area contributed by atoms with Gasteiger partial charge in [0.15, 0.2) is 11.8 Å². The molecule has 0 saturated heterocycles. The summed E-state index contributed by atoms with van der Waals surface area (Å²) < 4.78 is 1.98. The highest BCUT2D eigenvalue weighted by Crippen LogP contribution is 2.43. The predicted molar refractivity (Wildman–Crippen MR) is 127 cm³/mol. The summed E-state index contributed by atoms with van der Waals surface area (Å²) in [5.41, 5.74) is 2.67. The molecule has 2 aromatic carbocycles. The summed E-state index contributed by atoms with van der Waals surface area (Å²) in [6, 6.07) is 20.9. The van der Waals surface area contributed by atoms with Crippen molar-refractivity contribution >= 4 is 29.9 Å². The van der Waals surface area contributed by atoms with Gasteiger partial charge >= 0.3 is 0 Å². The van der Waals surface area contributed by atoms with Crippen molar-refractivity contribution < 1.29 is 0 Å². The average Bonchev–Trinajstić information content (AvgIpc) is 3.19. The number of guanidine groups is 1. The van der Waals surface area contributed by atoms with Crippen LogP contribution < -0.4 is 10.6 Å². The molecule has 1 aliphatic carbocycles. The third-order valence-electron chi connectivity index (χ3n) is 5.58. The molecule has 0 unspecified atom stereocenters. The Kier molecular flexibility index (Phi) is 7.24. The highest BCUT2D eigenvalue weighted by atomic mass is 127. The second-order valence-electron chi connectivity index (χ2n) is 7.23. The normalized spacial score (nSPS) is 15.1. The molecule has 1 saturated carbocycles. The Hall–Kier alpha value is -2.42. The Morgan fingerprint density at radius 3 is 2.34 bits per heavy atom. The van der Waals surface area contributed by atoms with Crippen LogP contribution in [0.4, 0.5) is 0 Å². The molecular formula is C22H27IN6. The molecule has 6 nitrogen and oxygen atoms in total. The Labute approximate surface area is 188 Å². The third kappa shape index (κ3) is 4.77. The van der Waals surface area contributed by atoms with Gasteiger partial charge in [-0.1, -0.05) is 55.0 Å². The first-order valence-electron chi connectivity index (χ1n) is 9.75. The van der Waals surface area contributed by atoms with Crippen LogP contribution in [0.25, 0.3) is 5.69 Å². The maximum absolute atomic E-state index is 4.38. The van der Waals surface area contributed by atoms with E-state index in [1.165, 1.54) is 24.8 Å². The molecule has 1 aliphatic rings. The number of aliphatic imine (C=N–C) groups is 1. The quantitative estimate of drug-likeness (QED) is 0.307. The topological polar surface area (TPSA) is 67.1 Å². The Morgan fingerprint density at radius 1 is 1.03 bits per heavy atom. The van der Waals surface area contributed by atoms with Crippen LogP contribution in [0.2, 0.25) is 0 Å². The molecular weight excluding hydrogens is 475 g/mol. The van der Waals surface area contributed by atoms with Crippen LogP contribution in [-0.2, 0) is 12.0 Å².